The molecule has 0 spiro atoms. The first kappa shape index (κ1) is 14.5. The number of nitrogens with zero attached hydrogens (tertiary/aromatic N) is 1. The molecule has 1 aromatic carbocycles. The highest BCUT2D eigenvalue weighted by Gasteiger charge is 2.22. The van der Waals surface area contributed by atoms with Gasteiger partial charge in [-0.15, -0.1) is 0 Å². The van der Waals surface area contributed by atoms with E-state index in [1.165, 1.54) is 17.7 Å². The van der Waals surface area contributed by atoms with E-state index in [9.17, 15) is 0 Å². The minimum atomic E-state index is 0.559. The lowest BCUT2D eigenvalue weighted by molar-refractivity contribution is 0.400. The number of methoxy groups -OCH3 is 1. The number of anilines is 1. The molecule has 2 atom stereocenters. The van der Waals surface area contributed by atoms with Gasteiger partial charge in [0.2, 0.25) is 0 Å². The maximum atomic E-state index is 5.46. The lowest BCUT2D eigenvalue weighted by atomic mass is 10.1. The Bertz CT molecular complexity index is 423. The normalized spacial score (nSPS) is 22.8. The monoisotopic (exact) mass is 280 g/mol. The Morgan fingerprint density at radius 2 is 2.21 bits per heavy atom. The Morgan fingerprint density at radius 3 is 2.79 bits per heavy atom. The van der Waals surface area contributed by atoms with Crippen LogP contribution in [0.25, 0.3) is 0 Å². The van der Waals surface area contributed by atoms with E-state index in [1.54, 1.807) is 7.11 Å². The molecule has 0 saturated carbocycles. The first-order chi connectivity index (χ1) is 9.08. The largest absolute Gasteiger partial charge is 0.495 e. The van der Waals surface area contributed by atoms with Gasteiger partial charge < -0.3 is 15.0 Å². The van der Waals surface area contributed by atoms with Gasteiger partial charge in [-0.2, -0.15) is 11.8 Å². The molecule has 1 aliphatic heterocycles. The van der Waals surface area contributed by atoms with Gasteiger partial charge in [-0.3, -0.25) is 0 Å². The molecular formula is C15H24N2OS. The van der Waals surface area contributed by atoms with Crippen molar-refractivity contribution in [2.45, 2.75) is 31.2 Å². The van der Waals surface area contributed by atoms with Crippen molar-refractivity contribution < 1.29 is 4.74 Å². The van der Waals surface area contributed by atoms with Gasteiger partial charge in [-0.1, -0.05) is 13.0 Å². The number of hydrogen-bond donors (Lipinski definition) is 1. The molecule has 1 saturated heterocycles. The molecule has 0 aliphatic carbocycles. The highest BCUT2D eigenvalue weighted by atomic mass is 32.2. The number of benzene rings is 1. The highest BCUT2D eigenvalue weighted by Crippen LogP contribution is 2.32. The van der Waals surface area contributed by atoms with Gasteiger partial charge in [0.05, 0.1) is 12.8 Å². The van der Waals surface area contributed by atoms with Crippen molar-refractivity contribution in [3.05, 3.63) is 23.8 Å². The molecule has 1 aliphatic rings. The lowest BCUT2D eigenvalue weighted by Gasteiger charge is -2.18. The summed E-state index contributed by atoms with van der Waals surface area (Å²) in [6.45, 7) is 3.25. The van der Waals surface area contributed by atoms with E-state index < -0.39 is 0 Å². The fraction of sp³-hybridized carbons (Fsp3) is 0.600. The molecule has 1 aromatic rings. The standard InChI is InChI=1S/C15H24N2OS/c1-11-7-13(10-19-11)16-14-8-12(9-17(2)3)5-6-15(14)18-4/h5-6,8,11,13,16H,7,9-10H2,1-4H3. The Hall–Kier alpha value is -0.870. The Kier molecular flexibility index (Phi) is 4.99. The fourth-order valence-corrected chi connectivity index (χ4v) is 3.62. The SMILES string of the molecule is COc1ccc(CN(C)C)cc1NC1CSC(C)C1. The van der Waals surface area contributed by atoms with Crippen LogP contribution in [0.5, 0.6) is 5.75 Å². The molecule has 0 amide bonds. The smallest absolute Gasteiger partial charge is 0.141 e. The summed E-state index contributed by atoms with van der Waals surface area (Å²) < 4.78 is 5.46. The minimum absolute atomic E-state index is 0.559. The number of thioether (sulfide) groups is 1. The third kappa shape index (κ3) is 4.05. The van der Waals surface area contributed by atoms with Crippen molar-refractivity contribution in [2.24, 2.45) is 0 Å². The lowest BCUT2D eigenvalue weighted by Crippen LogP contribution is -2.19. The molecule has 19 heavy (non-hydrogen) atoms. The molecule has 1 N–H and O–H groups in total. The number of ether oxygens (including phenoxy) is 1. The van der Waals surface area contributed by atoms with Gasteiger partial charge in [0.25, 0.3) is 0 Å². The highest BCUT2D eigenvalue weighted by molar-refractivity contribution is 8.00. The minimum Gasteiger partial charge on any atom is -0.495 e. The molecule has 106 valence electrons. The summed E-state index contributed by atoms with van der Waals surface area (Å²) in [5.74, 6) is 2.12. The predicted molar refractivity (Wildman–Crippen MR) is 84.3 cm³/mol. The molecule has 2 unspecified atom stereocenters. The van der Waals surface area contributed by atoms with Crippen LogP contribution in [-0.4, -0.2) is 43.1 Å². The van der Waals surface area contributed by atoms with E-state index in [4.69, 9.17) is 4.74 Å². The van der Waals surface area contributed by atoms with Crippen LogP contribution in [0, 0.1) is 0 Å². The van der Waals surface area contributed by atoms with Crippen LogP contribution in [0.2, 0.25) is 0 Å². The average molecular weight is 280 g/mol. The van der Waals surface area contributed by atoms with Crippen LogP contribution in [0.1, 0.15) is 18.9 Å². The average Bonchev–Trinajstić information content (AvgIpc) is 2.74. The molecular weight excluding hydrogens is 256 g/mol. The third-order valence-corrected chi connectivity index (χ3v) is 4.68. The second kappa shape index (κ2) is 6.53. The maximum absolute atomic E-state index is 5.46. The third-order valence-electron chi connectivity index (χ3n) is 3.32. The summed E-state index contributed by atoms with van der Waals surface area (Å²) >= 11 is 2.04. The van der Waals surface area contributed by atoms with Crippen LogP contribution in [-0.2, 0) is 6.54 Å². The van der Waals surface area contributed by atoms with Gasteiger partial charge in [0, 0.05) is 23.6 Å². The van der Waals surface area contributed by atoms with E-state index in [0.29, 0.717) is 6.04 Å². The van der Waals surface area contributed by atoms with Crippen LogP contribution in [0.15, 0.2) is 18.2 Å². The zero-order chi connectivity index (χ0) is 13.8. The molecule has 1 heterocycles. The number of nitrogens with one attached hydrogen (secondary N) is 1. The predicted octanol–water partition coefficient (Wildman–Crippen LogP) is 3.06. The van der Waals surface area contributed by atoms with Crippen LogP contribution in [0.3, 0.4) is 0 Å². The Morgan fingerprint density at radius 1 is 1.42 bits per heavy atom. The number of hydrogen-bond acceptors (Lipinski definition) is 4. The van der Waals surface area contributed by atoms with Gasteiger partial charge in [-0.05, 0) is 38.2 Å². The maximum Gasteiger partial charge on any atom is 0.141 e. The molecule has 3 nitrogen and oxygen atoms in total. The summed E-state index contributed by atoms with van der Waals surface area (Å²) in [4.78, 5) is 2.18. The fourth-order valence-electron chi connectivity index (χ4n) is 2.47. The second-order valence-electron chi connectivity index (χ2n) is 5.49. The van der Waals surface area contributed by atoms with E-state index in [-0.39, 0.29) is 0 Å². The molecule has 2 rings (SSSR count). The summed E-state index contributed by atoms with van der Waals surface area (Å²) in [7, 11) is 5.91. The van der Waals surface area contributed by atoms with Crippen molar-refractivity contribution in [3.8, 4) is 5.75 Å². The van der Waals surface area contributed by atoms with E-state index >= 15 is 0 Å². The topological polar surface area (TPSA) is 24.5 Å². The van der Waals surface area contributed by atoms with Gasteiger partial charge in [0.1, 0.15) is 5.75 Å². The van der Waals surface area contributed by atoms with E-state index in [2.05, 4.69) is 49.4 Å². The first-order valence-corrected chi connectivity index (χ1v) is 7.83. The molecule has 4 heteroatoms. The zero-order valence-electron chi connectivity index (χ0n) is 12.3. The van der Waals surface area contributed by atoms with Crippen molar-refractivity contribution in [3.63, 3.8) is 0 Å². The van der Waals surface area contributed by atoms with E-state index in [0.717, 1.165) is 23.2 Å². The zero-order valence-corrected chi connectivity index (χ0v) is 13.1. The summed E-state index contributed by atoms with van der Waals surface area (Å²) in [5.41, 5.74) is 2.44. The molecule has 0 radical (unpaired) electrons. The molecule has 0 aromatic heterocycles. The van der Waals surface area contributed by atoms with Gasteiger partial charge in [-0.25, -0.2) is 0 Å². The summed E-state index contributed by atoms with van der Waals surface area (Å²) in [6.07, 6.45) is 1.23. The Labute approximate surface area is 120 Å². The van der Waals surface area contributed by atoms with E-state index in [1.807, 2.05) is 11.8 Å². The van der Waals surface area contributed by atoms with Crippen molar-refractivity contribution in [2.75, 3.05) is 32.3 Å². The Balaban J connectivity index is 2.11. The quantitative estimate of drug-likeness (QED) is 0.896. The molecule has 1 fully saturated rings. The first-order valence-electron chi connectivity index (χ1n) is 6.78. The van der Waals surface area contributed by atoms with Crippen LogP contribution < -0.4 is 10.1 Å². The van der Waals surface area contributed by atoms with Gasteiger partial charge >= 0.3 is 0 Å². The van der Waals surface area contributed by atoms with Gasteiger partial charge in [0.15, 0.2) is 0 Å². The van der Waals surface area contributed by atoms with Crippen molar-refractivity contribution >= 4 is 17.4 Å². The van der Waals surface area contributed by atoms with Crippen molar-refractivity contribution in [1.29, 1.82) is 0 Å². The summed E-state index contributed by atoms with van der Waals surface area (Å²) in [5, 5.41) is 4.40. The van der Waals surface area contributed by atoms with Crippen molar-refractivity contribution in [1.82, 2.24) is 4.90 Å². The summed E-state index contributed by atoms with van der Waals surface area (Å²) in [6, 6.07) is 6.97. The van der Waals surface area contributed by atoms with Crippen LogP contribution in [0.4, 0.5) is 5.69 Å². The second-order valence-corrected chi connectivity index (χ2v) is 6.96. The molecule has 0 bridgehead atoms. The number of rotatable bonds is 5. The van der Waals surface area contributed by atoms with Crippen LogP contribution >= 0.6 is 11.8 Å².